The molecule has 2 aromatic rings. The standard InChI is InChI=1S/C23H30N2O2/c1-19(10-11-20-6-3-2-4-7-20)16-23(26)24-22-9-5-8-21(17-22)18-25-12-14-27-15-13-25/h2-9,17,19H,10-16,18H2,1H3,(H,24,26). The van der Waals surface area contributed by atoms with Crippen LogP contribution in [0.25, 0.3) is 0 Å². The van der Waals surface area contributed by atoms with Gasteiger partial charge in [-0.3, -0.25) is 9.69 Å². The molecule has 1 unspecified atom stereocenters. The number of amides is 1. The van der Waals surface area contributed by atoms with Crippen LogP contribution in [0.5, 0.6) is 0 Å². The summed E-state index contributed by atoms with van der Waals surface area (Å²) in [4.78, 5) is 14.8. The van der Waals surface area contributed by atoms with Crippen molar-refractivity contribution in [2.24, 2.45) is 5.92 Å². The van der Waals surface area contributed by atoms with Gasteiger partial charge in [0.1, 0.15) is 0 Å². The maximum Gasteiger partial charge on any atom is 0.224 e. The minimum absolute atomic E-state index is 0.0964. The lowest BCUT2D eigenvalue weighted by molar-refractivity contribution is -0.117. The van der Waals surface area contributed by atoms with E-state index in [0.717, 1.165) is 51.4 Å². The molecule has 2 aromatic carbocycles. The van der Waals surface area contributed by atoms with Crippen molar-refractivity contribution >= 4 is 11.6 Å². The number of morpholine rings is 1. The second kappa shape index (κ2) is 10.2. The largest absolute Gasteiger partial charge is 0.379 e. The Kier molecular flexibility index (Phi) is 7.43. The van der Waals surface area contributed by atoms with Gasteiger partial charge < -0.3 is 10.1 Å². The first kappa shape index (κ1) is 19.6. The van der Waals surface area contributed by atoms with Gasteiger partial charge >= 0.3 is 0 Å². The van der Waals surface area contributed by atoms with Gasteiger partial charge in [0.05, 0.1) is 13.2 Å². The Morgan fingerprint density at radius 1 is 1.07 bits per heavy atom. The van der Waals surface area contributed by atoms with Gasteiger partial charge in [0, 0.05) is 31.7 Å². The highest BCUT2D eigenvalue weighted by Crippen LogP contribution is 2.17. The summed E-state index contributed by atoms with van der Waals surface area (Å²) in [6, 6.07) is 18.6. The van der Waals surface area contributed by atoms with Crippen molar-refractivity contribution in [1.29, 1.82) is 0 Å². The molecule has 4 heteroatoms. The molecule has 144 valence electrons. The Hall–Kier alpha value is -2.17. The summed E-state index contributed by atoms with van der Waals surface area (Å²) >= 11 is 0. The normalized spacial score (nSPS) is 16.0. The van der Waals surface area contributed by atoms with Gasteiger partial charge in [0.25, 0.3) is 0 Å². The molecular weight excluding hydrogens is 336 g/mol. The minimum Gasteiger partial charge on any atom is -0.379 e. The van der Waals surface area contributed by atoms with Gasteiger partial charge in [-0.15, -0.1) is 0 Å². The van der Waals surface area contributed by atoms with Gasteiger partial charge in [-0.1, -0.05) is 49.4 Å². The first-order valence-corrected chi connectivity index (χ1v) is 9.92. The van der Waals surface area contributed by atoms with E-state index in [9.17, 15) is 4.79 Å². The summed E-state index contributed by atoms with van der Waals surface area (Å²) in [5.41, 5.74) is 3.45. The fourth-order valence-electron chi connectivity index (χ4n) is 3.45. The number of anilines is 1. The summed E-state index contributed by atoms with van der Waals surface area (Å²) < 4.78 is 5.40. The number of benzene rings is 2. The highest BCUT2D eigenvalue weighted by atomic mass is 16.5. The maximum atomic E-state index is 12.4. The van der Waals surface area contributed by atoms with Crippen LogP contribution < -0.4 is 5.32 Å². The van der Waals surface area contributed by atoms with Crippen molar-refractivity contribution in [3.8, 4) is 0 Å². The molecule has 0 bridgehead atoms. The van der Waals surface area contributed by atoms with Crippen LogP contribution in [-0.4, -0.2) is 37.1 Å². The number of hydrogen-bond donors (Lipinski definition) is 1. The number of carbonyl (C=O) groups excluding carboxylic acids is 1. The Balaban J connectivity index is 1.44. The van der Waals surface area contributed by atoms with Crippen LogP contribution in [0.15, 0.2) is 54.6 Å². The lowest BCUT2D eigenvalue weighted by Gasteiger charge is -2.26. The van der Waals surface area contributed by atoms with Crippen LogP contribution in [0.4, 0.5) is 5.69 Å². The van der Waals surface area contributed by atoms with E-state index in [1.165, 1.54) is 11.1 Å². The third kappa shape index (κ3) is 6.81. The van der Waals surface area contributed by atoms with Crippen LogP contribution >= 0.6 is 0 Å². The van der Waals surface area contributed by atoms with Crippen molar-refractivity contribution in [1.82, 2.24) is 4.90 Å². The van der Waals surface area contributed by atoms with Crippen LogP contribution in [0, 0.1) is 5.92 Å². The van der Waals surface area contributed by atoms with Gasteiger partial charge in [-0.2, -0.15) is 0 Å². The van der Waals surface area contributed by atoms with Gasteiger partial charge in [0.15, 0.2) is 0 Å². The van der Waals surface area contributed by atoms with Gasteiger partial charge in [0.2, 0.25) is 5.91 Å². The van der Waals surface area contributed by atoms with E-state index < -0.39 is 0 Å². The molecule has 1 saturated heterocycles. The van der Waals surface area contributed by atoms with Crippen LogP contribution in [-0.2, 0) is 22.5 Å². The number of nitrogens with one attached hydrogen (secondary N) is 1. The fraction of sp³-hybridized carbons (Fsp3) is 0.435. The molecule has 3 rings (SSSR count). The average Bonchev–Trinajstić information content (AvgIpc) is 2.68. The number of hydrogen-bond acceptors (Lipinski definition) is 3. The second-order valence-corrected chi connectivity index (χ2v) is 7.47. The summed E-state index contributed by atoms with van der Waals surface area (Å²) in [6.07, 6.45) is 2.60. The molecule has 4 nitrogen and oxygen atoms in total. The highest BCUT2D eigenvalue weighted by Gasteiger charge is 2.12. The van der Waals surface area contributed by atoms with Crippen molar-refractivity contribution in [3.63, 3.8) is 0 Å². The lowest BCUT2D eigenvalue weighted by atomic mass is 9.98. The predicted molar refractivity (Wildman–Crippen MR) is 110 cm³/mol. The van der Waals surface area contributed by atoms with Gasteiger partial charge in [-0.25, -0.2) is 0 Å². The molecule has 27 heavy (non-hydrogen) atoms. The molecule has 0 saturated carbocycles. The first-order chi connectivity index (χ1) is 13.2. The zero-order valence-electron chi connectivity index (χ0n) is 16.2. The molecule has 1 fully saturated rings. The molecule has 0 aliphatic carbocycles. The highest BCUT2D eigenvalue weighted by molar-refractivity contribution is 5.90. The van der Waals surface area contributed by atoms with E-state index in [0.29, 0.717) is 12.3 Å². The smallest absolute Gasteiger partial charge is 0.224 e. The molecule has 0 aromatic heterocycles. The monoisotopic (exact) mass is 366 g/mol. The number of aryl methyl sites for hydroxylation is 1. The Labute approximate surface area is 162 Å². The number of ether oxygens (including phenoxy) is 1. The predicted octanol–water partition coefficient (Wildman–Crippen LogP) is 4.12. The molecule has 1 atom stereocenters. The third-order valence-electron chi connectivity index (χ3n) is 5.02. The van der Waals surface area contributed by atoms with Crippen LogP contribution in [0.3, 0.4) is 0 Å². The molecular formula is C23H30N2O2. The quantitative estimate of drug-likeness (QED) is 0.764. The van der Waals surface area contributed by atoms with E-state index in [2.05, 4.69) is 53.5 Å². The van der Waals surface area contributed by atoms with Crippen LogP contribution in [0.2, 0.25) is 0 Å². The fourth-order valence-corrected chi connectivity index (χ4v) is 3.45. The van der Waals surface area contributed by atoms with E-state index in [-0.39, 0.29) is 5.91 Å². The molecule has 1 amide bonds. The summed E-state index contributed by atoms with van der Waals surface area (Å²) in [7, 11) is 0. The topological polar surface area (TPSA) is 41.6 Å². The van der Waals surface area contributed by atoms with Gasteiger partial charge in [-0.05, 0) is 42.0 Å². The Morgan fingerprint density at radius 2 is 1.81 bits per heavy atom. The van der Waals surface area contributed by atoms with Crippen LogP contribution in [0.1, 0.15) is 30.9 Å². The summed E-state index contributed by atoms with van der Waals surface area (Å²) in [6.45, 7) is 6.59. The van der Waals surface area contributed by atoms with E-state index in [1.54, 1.807) is 0 Å². The molecule has 1 heterocycles. The molecule has 1 N–H and O–H groups in total. The molecule has 0 radical (unpaired) electrons. The van der Waals surface area contributed by atoms with Crippen molar-refractivity contribution < 1.29 is 9.53 Å². The zero-order valence-corrected chi connectivity index (χ0v) is 16.2. The van der Waals surface area contributed by atoms with E-state index in [1.807, 2.05) is 18.2 Å². The Morgan fingerprint density at radius 3 is 2.59 bits per heavy atom. The van der Waals surface area contributed by atoms with Crippen molar-refractivity contribution in [2.45, 2.75) is 32.7 Å². The third-order valence-corrected chi connectivity index (χ3v) is 5.02. The number of carbonyl (C=O) groups is 1. The van der Waals surface area contributed by atoms with E-state index in [4.69, 9.17) is 4.74 Å². The average molecular weight is 367 g/mol. The summed E-state index contributed by atoms with van der Waals surface area (Å²) in [5.74, 6) is 0.459. The molecule has 0 spiro atoms. The van der Waals surface area contributed by atoms with E-state index >= 15 is 0 Å². The van der Waals surface area contributed by atoms with Crippen molar-refractivity contribution in [3.05, 3.63) is 65.7 Å². The number of rotatable bonds is 8. The first-order valence-electron chi connectivity index (χ1n) is 9.92. The molecule has 1 aliphatic heterocycles. The van der Waals surface area contributed by atoms with Crippen molar-refractivity contribution in [2.75, 3.05) is 31.6 Å². The molecule has 1 aliphatic rings. The number of nitrogens with zero attached hydrogens (tertiary/aromatic N) is 1. The lowest BCUT2D eigenvalue weighted by Crippen LogP contribution is -2.35. The second-order valence-electron chi connectivity index (χ2n) is 7.47. The maximum absolute atomic E-state index is 12.4. The SMILES string of the molecule is CC(CCc1ccccc1)CC(=O)Nc1cccc(CN2CCOCC2)c1. The zero-order chi connectivity index (χ0) is 18.9. The minimum atomic E-state index is 0.0964. The summed E-state index contributed by atoms with van der Waals surface area (Å²) in [5, 5.41) is 3.07. The Bertz CT molecular complexity index is 711.